The molecule has 0 aliphatic rings. The highest BCUT2D eigenvalue weighted by Gasteiger charge is 2.13. The Bertz CT molecular complexity index is 1150. The molecule has 0 aliphatic carbocycles. The standard InChI is InChI=1S/C24H26N6O/c1-18-23(19(2)30(28-18)22-9-4-3-5-10-22)15-27-24(31)26-14-20-7-6-8-21(13-20)16-29-12-11-25-17-29/h3-13,17H,14-16H2,1-2H3,(H2,26,27,31). The lowest BCUT2D eigenvalue weighted by Gasteiger charge is -2.10. The molecular weight excluding hydrogens is 388 g/mol. The minimum absolute atomic E-state index is 0.203. The molecule has 0 aliphatic heterocycles. The second-order valence-electron chi connectivity index (χ2n) is 7.49. The lowest BCUT2D eigenvalue weighted by Crippen LogP contribution is -2.34. The minimum atomic E-state index is -0.203. The first-order chi connectivity index (χ1) is 15.1. The molecule has 31 heavy (non-hydrogen) atoms. The number of rotatable bonds is 7. The van der Waals surface area contributed by atoms with Gasteiger partial charge in [-0.25, -0.2) is 14.5 Å². The summed E-state index contributed by atoms with van der Waals surface area (Å²) in [6.45, 7) is 5.63. The van der Waals surface area contributed by atoms with Crippen molar-refractivity contribution in [3.05, 3.63) is 101 Å². The number of benzene rings is 2. The third-order valence-electron chi connectivity index (χ3n) is 5.24. The van der Waals surface area contributed by atoms with Gasteiger partial charge in [-0.1, -0.05) is 42.5 Å². The number of imidazole rings is 1. The summed E-state index contributed by atoms with van der Waals surface area (Å²) in [7, 11) is 0. The Hall–Kier alpha value is -3.87. The van der Waals surface area contributed by atoms with Gasteiger partial charge in [-0.05, 0) is 37.1 Å². The molecule has 7 heteroatoms. The summed E-state index contributed by atoms with van der Waals surface area (Å²) in [5.41, 5.74) is 6.19. The van der Waals surface area contributed by atoms with Gasteiger partial charge in [0.15, 0.2) is 0 Å². The molecule has 0 radical (unpaired) electrons. The Morgan fingerprint density at radius 3 is 2.52 bits per heavy atom. The summed E-state index contributed by atoms with van der Waals surface area (Å²) in [6.07, 6.45) is 5.49. The molecule has 4 rings (SSSR count). The van der Waals surface area contributed by atoms with Crippen molar-refractivity contribution < 1.29 is 4.79 Å². The predicted octanol–water partition coefficient (Wildman–Crippen LogP) is 3.73. The van der Waals surface area contributed by atoms with Crippen LogP contribution in [0, 0.1) is 13.8 Å². The van der Waals surface area contributed by atoms with Crippen LogP contribution in [-0.2, 0) is 19.6 Å². The van der Waals surface area contributed by atoms with Crippen molar-refractivity contribution in [3.8, 4) is 5.69 Å². The highest BCUT2D eigenvalue weighted by Crippen LogP contribution is 2.17. The Kier molecular flexibility index (Phi) is 6.12. The van der Waals surface area contributed by atoms with E-state index in [1.165, 1.54) is 0 Å². The number of carbonyl (C=O) groups excluding carboxylic acids is 1. The third kappa shape index (κ3) is 5.01. The van der Waals surface area contributed by atoms with Crippen LogP contribution in [0.5, 0.6) is 0 Å². The molecule has 0 atom stereocenters. The van der Waals surface area contributed by atoms with E-state index in [0.29, 0.717) is 13.1 Å². The van der Waals surface area contributed by atoms with E-state index in [1.807, 2.05) is 71.8 Å². The van der Waals surface area contributed by atoms with E-state index in [0.717, 1.165) is 40.3 Å². The molecule has 2 aromatic carbocycles. The van der Waals surface area contributed by atoms with E-state index >= 15 is 0 Å². The van der Waals surface area contributed by atoms with Crippen LogP contribution in [0.3, 0.4) is 0 Å². The molecule has 0 bridgehead atoms. The van der Waals surface area contributed by atoms with Gasteiger partial charge in [0.2, 0.25) is 0 Å². The van der Waals surface area contributed by atoms with Crippen molar-refractivity contribution in [2.24, 2.45) is 0 Å². The molecule has 2 aromatic heterocycles. The van der Waals surface area contributed by atoms with Crippen molar-refractivity contribution in [3.63, 3.8) is 0 Å². The monoisotopic (exact) mass is 414 g/mol. The fourth-order valence-corrected chi connectivity index (χ4v) is 3.59. The molecule has 0 saturated carbocycles. The highest BCUT2D eigenvalue weighted by molar-refractivity contribution is 5.73. The van der Waals surface area contributed by atoms with Gasteiger partial charge in [-0.2, -0.15) is 5.10 Å². The van der Waals surface area contributed by atoms with Gasteiger partial charge >= 0.3 is 6.03 Å². The zero-order chi connectivity index (χ0) is 21.6. The summed E-state index contributed by atoms with van der Waals surface area (Å²) in [5, 5.41) is 10.5. The van der Waals surface area contributed by atoms with Gasteiger partial charge in [0.1, 0.15) is 0 Å². The maximum atomic E-state index is 12.4. The SMILES string of the molecule is Cc1nn(-c2ccccc2)c(C)c1CNC(=O)NCc1cccc(Cn2ccnc2)c1. The number of nitrogens with zero attached hydrogens (tertiary/aromatic N) is 4. The normalized spacial score (nSPS) is 10.8. The first kappa shape index (κ1) is 20.4. The number of urea groups is 1. The minimum Gasteiger partial charge on any atom is -0.334 e. The largest absolute Gasteiger partial charge is 0.334 e. The van der Waals surface area contributed by atoms with Gasteiger partial charge in [0.05, 0.1) is 17.7 Å². The smallest absolute Gasteiger partial charge is 0.315 e. The molecule has 0 unspecified atom stereocenters. The number of carbonyl (C=O) groups is 1. The number of aryl methyl sites for hydroxylation is 1. The first-order valence-corrected chi connectivity index (χ1v) is 10.3. The van der Waals surface area contributed by atoms with Crippen molar-refractivity contribution >= 4 is 6.03 Å². The Morgan fingerprint density at radius 2 is 1.74 bits per heavy atom. The van der Waals surface area contributed by atoms with Gasteiger partial charge in [-0.15, -0.1) is 0 Å². The van der Waals surface area contributed by atoms with E-state index in [-0.39, 0.29) is 6.03 Å². The second kappa shape index (κ2) is 9.30. The lowest BCUT2D eigenvalue weighted by atomic mass is 10.1. The maximum Gasteiger partial charge on any atom is 0.315 e. The van der Waals surface area contributed by atoms with Crippen LogP contribution in [-0.4, -0.2) is 25.4 Å². The lowest BCUT2D eigenvalue weighted by molar-refractivity contribution is 0.240. The predicted molar refractivity (Wildman–Crippen MR) is 120 cm³/mol. The maximum absolute atomic E-state index is 12.4. The first-order valence-electron chi connectivity index (χ1n) is 10.3. The van der Waals surface area contributed by atoms with Crippen LogP contribution in [0.1, 0.15) is 28.1 Å². The molecule has 4 aromatic rings. The molecule has 0 saturated heterocycles. The Morgan fingerprint density at radius 1 is 0.968 bits per heavy atom. The van der Waals surface area contributed by atoms with E-state index in [9.17, 15) is 4.79 Å². The highest BCUT2D eigenvalue weighted by atomic mass is 16.2. The van der Waals surface area contributed by atoms with Crippen LogP contribution in [0.2, 0.25) is 0 Å². The number of amides is 2. The van der Waals surface area contributed by atoms with Gasteiger partial charge in [0, 0.05) is 43.3 Å². The van der Waals surface area contributed by atoms with Crippen molar-refractivity contribution in [1.82, 2.24) is 30.0 Å². The molecule has 158 valence electrons. The summed E-state index contributed by atoms with van der Waals surface area (Å²) >= 11 is 0. The van der Waals surface area contributed by atoms with Crippen molar-refractivity contribution in [1.29, 1.82) is 0 Å². The van der Waals surface area contributed by atoms with E-state index < -0.39 is 0 Å². The average molecular weight is 415 g/mol. The Balaban J connectivity index is 1.33. The molecule has 2 N–H and O–H groups in total. The average Bonchev–Trinajstić information content (AvgIpc) is 3.39. The fourth-order valence-electron chi connectivity index (χ4n) is 3.59. The van der Waals surface area contributed by atoms with E-state index in [1.54, 1.807) is 12.5 Å². The number of hydrogen-bond donors (Lipinski definition) is 2. The van der Waals surface area contributed by atoms with Crippen molar-refractivity contribution in [2.75, 3.05) is 0 Å². The topological polar surface area (TPSA) is 76.8 Å². The number of nitrogens with one attached hydrogen (secondary N) is 2. The zero-order valence-corrected chi connectivity index (χ0v) is 17.7. The van der Waals surface area contributed by atoms with Gasteiger partial charge < -0.3 is 15.2 Å². The van der Waals surface area contributed by atoms with Crippen LogP contribution >= 0.6 is 0 Å². The van der Waals surface area contributed by atoms with Gasteiger partial charge in [-0.3, -0.25) is 0 Å². The van der Waals surface area contributed by atoms with Gasteiger partial charge in [0.25, 0.3) is 0 Å². The van der Waals surface area contributed by atoms with Crippen LogP contribution < -0.4 is 10.6 Å². The molecule has 7 nitrogen and oxygen atoms in total. The molecule has 0 fully saturated rings. The number of aromatic nitrogens is 4. The van der Waals surface area contributed by atoms with E-state index in [4.69, 9.17) is 0 Å². The molecule has 0 spiro atoms. The molecule has 2 heterocycles. The second-order valence-corrected chi connectivity index (χ2v) is 7.49. The fraction of sp³-hybridized carbons (Fsp3) is 0.208. The quantitative estimate of drug-likeness (QED) is 0.484. The Labute approximate surface area is 181 Å². The summed E-state index contributed by atoms with van der Waals surface area (Å²) in [4.78, 5) is 16.4. The third-order valence-corrected chi connectivity index (χ3v) is 5.24. The number of para-hydroxylation sites is 1. The van der Waals surface area contributed by atoms with E-state index in [2.05, 4.69) is 32.8 Å². The molecule has 2 amide bonds. The van der Waals surface area contributed by atoms with Crippen LogP contribution in [0.25, 0.3) is 5.69 Å². The zero-order valence-electron chi connectivity index (χ0n) is 17.7. The summed E-state index contributed by atoms with van der Waals surface area (Å²) < 4.78 is 3.93. The van der Waals surface area contributed by atoms with Crippen LogP contribution in [0.15, 0.2) is 73.3 Å². The van der Waals surface area contributed by atoms with Crippen molar-refractivity contribution in [2.45, 2.75) is 33.5 Å². The number of hydrogen-bond acceptors (Lipinski definition) is 3. The summed E-state index contributed by atoms with van der Waals surface area (Å²) in [6, 6.07) is 18.0. The molecular formula is C24H26N6O. The summed E-state index contributed by atoms with van der Waals surface area (Å²) in [5.74, 6) is 0. The van der Waals surface area contributed by atoms with Crippen LogP contribution in [0.4, 0.5) is 4.79 Å².